The summed E-state index contributed by atoms with van der Waals surface area (Å²) < 4.78 is 1.79. The molecule has 90 valence electrons. The molecule has 1 atom stereocenters. The predicted molar refractivity (Wildman–Crippen MR) is 67.8 cm³/mol. The number of nitrogens with zero attached hydrogens (tertiary/aromatic N) is 2. The summed E-state index contributed by atoms with van der Waals surface area (Å²) in [6, 6.07) is 10.2. The number of hydrogen-bond acceptors (Lipinski definition) is 2. The van der Waals surface area contributed by atoms with Gasteiger partial charge in [0.05, 0.1) is 5.69 Å². The lowest BCUT2D eigenvalue weighted by Crippen LogP contribution is -2.03. The Labute approximate surface area is 102 Å². The minimum atomic E-state index is -0.530. The first-order chi connectivity index (χ1) is 8.06. The molecule has 1 aromatic carbocycles. The molecule has 3 nitrogen and oxygen atoms in total. The van der Waals surface area contributed by atoms with E-state index in [1.807, 2.05) is 32.2 Å². The lowest BCUT2D eigenvalue weighted by molar-refractivity contribution is 0.173. The summed E-state index contributed by atoms with van der Waals surface area (Å²) >= 11 is 0. The molecule has 2 rings (SSSR count). The van der Waals surface area contributed by atoms with Gasteiger partial charge in [0.1, 0.15) is 6.10 Å². The first kappa shape index (κ1) is 11.9. The Bertz CT molecular complexity index is 480. The Balaban J connectivity index is 2.11. The van der Waals surface area contributed by atoms with Gasteiger partial charge in [-0.1, -0.05) is 29.8 Å². The van der Waals surface area contributed by atoms with Crippen molar-refractivity contribution in [3.05, 3.63) is 52.8 Å². The van der Waals surface area contributed by atoms with Crippen molar-refractivity contribution < 1.29 is 5.11 Å². The summed E-state index contributed by atoms with van der Waals surface area (Å²) in [7, 11) is 1.89. The molecule has 17 heavy (non-hydrogen) atoms. The van der Waals surface area contributed by atoms with Crippen molar-refractivity contribution in [2.45, 2.75) is 26.4 Å². The number of benzene rings is 1. The van der Waals surface area contributed by atoms with E-state index < -0.39 is 6.10 Å². The van der Waals surface area contributed by atoms with Gasteiger partial charge in [-0.15, -0.1) is 0 Å². The monoisotopic (exact) mass is 230 g/mol. The van der Waals surface area contributed by atoms with Crippen LogP contribution in [0.2, 0.25) is 0 Å². The highest BCUT2D eigenvalue weighted by atomic mass is 16.3. The van der Waals surface area contributed by atoms with E-state index in [1.54, 1.807) is 4.68 Å². The molecule has 0 bridgehead atoms. The molecule has 0 aliphatic heterocycles. The van der Waals surface area contributed by atoms with Crippen LogP contribution < -0.4 is 0 Å². The molecule has 0 radical (unpaired) electrons. The Morgan fingerprint density at radius 3 is 2.41 bits per heavy atom. The van der Waals surface area contributed by atoms with Crippen LogP contribution in [0, 0.1) is 13.8 Å². The van der Waals surface area contributed by atoms with Crippen LogP contribution in [0.15, 0.2) is 30.3 Å². The van der Waals surface area contributed by atoms with E-state index in [0.717, 1.165) is 17.0 Å². The Morgan fingerprint density at radius 2 is 1.88 bits per heavy atom. The van der Waals surface area contributed by atoms with Gasteiger partial charge >= 0.3 is 0 Å². The van der Waals surface area contributed by atoms with Gasteiger partial charge in [0.15, 0.2) is 0 Å². The van der Waals surface area contributed by atoms with Crippen molar-refractivity contribution >= 4 is 0 Å². The zero-order chi connectivity index (χ0) is 12.4. The van der Waals surface area contributed by atoms with Crippen LogP contribution in [0.1, 0.15) is 28.6 Å². The van der Waals surface area contributed by atoms with E-state index in [1.165, 1.54) is 5.56 Å². The molecule has 0 saturated carbocycles. The topological polar surface area (TPSA) is 38.0 Å². The number of rotatable bonds is 3. The third kappa shape index (κ3) is 2.74. The van der Waals surface area contributed by atoms with E-state index in [9.17, 15) is 5.11 Å². The molecule has 0 saturated heterocycles. The van der Waals surface area contributed by atoms with Gasteiger partial charge in [-0.3, -0.25) is 4.68 Å². The zero-order valence-corrected chi connectivity index (χ0v) is 10.5. The van der Waals surface area contributed by atoms with Crippen molar-refractivity contribution in [3.63, 3.8) is 0 Å². The van der Waals surface area contributed by atoms with Gasteiger partial charge in [-0.25, -0.2) is 0 Å². The second kappa shape index (κ2) is 4.72. The van der Waals surface area contributed by atoms with Crippen LogP contribution >= 0.6 is 0 Å². The molecule has 0 fully saturated rings. The van der Waals surface area contributed by atoms with Gasteiger partial charge in [0.2, 0.25) is 0 Å². The molecule has 3 heteroatoms. The van der Waals surface area contributed by atoms with Gasteiger partial charge in [0, 0.05) is 19.2 Å². The maximum Gasteiger partial charge on any atom is 0.102 e. The highest BCUT2D eigenvalue weighted by molar-refractivity contribution is 5.23. The van der Waals surface area contributed by atoms with Crippen LogP contribution in [-0.2, 0) is 13.5 Å². The molecule has 2 aromatic rings. The smallest absolute Gasteiger partial charge is 0.102 e. The maximum atomic E-state index is 10.1. The Hall–Kier alpha value is -1.61. The minimum absolute atomic E-state index is 0.530. The lowest BCUT2D eigenvalue weighted by atomic mass is 10.0. The SMILES string of the molecule is Cc1ccc(CC(O)c2cc(C)n(C)n2)cc1. The summed E-state index contributed by atoms with van der Waals surface area (Å²) in [5, 5.41) is 14.4. The van der Waals surface area contributed by atoms with E-state index in [4.69, 9.17) is 0 Å². The third-order valence-electron chi connectivity index (χ3n) is 3.02. The third-order valence-corrected chi connectivity index (χ3v) is 3.02. The number of aryl methyl sites for hydroxylation is 3. The quantitative estimate of drug-likeness (QED) is 0.878. The van der Waals surface area contributed by atoms with E-state index >= 15 is 0 Å². The average molecular weight is 230 g/mol. The van der Waals surface area contributed by atoms with Crippen molar-refractivity contribution in [1.82, 2.24) is 9.78 Å². The molecule has 1 unspecified atom stereocenters. The van der Waals surface area contributed by atoms with E-state index in [2.05, 4.69) is 24.2 Å². The molecule has 0 aliphatic carbocycles. The van der Waals surface area contributed by atoms with Crippen molar-refractivity contribution in [2.24, 2.45) is 7.05 Å². The van der Waals surface area contributed by atoms with Crippen molar-refractivity contribution in [3.8, 4) is 0 Å². The van der Waals surface area contributed by atoms with Crippen LogP contribution in [0.25, 0.3) is 0 Å². The summed E-state index contributed by atoms with van der Waals surface area (Å²) in [4.78, 5) is 0. The minimum Gasteiger partial charge on any atom is -0.386 e. The molecule has 0 amide bonds. The van der Waals surface area contributed by atoms with E-state index in [0.29, 0.717) is 6.42 Å². The fraction of sp³-hybridized carbons (Fsp3) is 0.357. The van der Waals surface area contributed by atoms with Gasteiger partial charge in [-0.2, -0.15) is 5.10 Å². The summed E-state index contributed by atoms with van der Waals surface area (Å²) in [6.45, 7) is 4.04. The van der Waals surface area contributed by atoms with Crippen molar-refractivity contribution in [1.29, 1.82) is 0 Å². The molecule has 0 spiro atoms. The Morgan fingerprint density at radius 1 is 1.24 bits per heavy atom. The molecular weight excluding hydrogens is 212 g/mol. The zero-order valence-electron chi connectivity index (χ0n) is 10.5. The Kier molecular flexibility index (Phi) is 3.29. The second-order valence-corrected chi connectivity index (χ2v) is 4.54. The summed E-state index contributed by atoms with van der Waals surface area (Å²) in [6.07, 6.45) is 0.0779. The fourth-order valence-corrected chi connectivity index (χ4v) is 1.80. The number of aromatic nitrogens is 2. The average Bonchev–Trinajstić information content (AvgIpc) is 2.63. The molecule has 1 heterocycles. The van der Waals surface area contributed by atoms with Crippen LogP contribution in [0.4, 0.5) is 0 Å². The second-order valence-electron chi connectivity index (χ2n) is 4.54. The first-order valence-corrected chi connectivity index (χ1v) is 5.80. The molecular formula is C14H18N2O. The lowest BCUT2D eigenvalue weighted by Gasteiger charge is -2.07. The van der Waals surface area contributed by atoms with Gasteiger partial charge < -0.3 is 5.11 Å². The molecule has 1 N–H and O–H groups in total. The van der Waals surface area contributed by atoms with Crippen LogP contribution in [-0.4, -0.2) is 14.9 Å². The summed E-state index contributed by atoms with van der Waals surface area (Å²) in [5.41, 5.74) is 4.16. The van der Waals surface area contributed by atoms with E-state index in [-0.39, 0.29) is 0 Å². The normalized spacial score (nSPS) is 12.7. The number of hydrogen-bond donors (Lipinski definition) is 1. The van der Waals surface area contributed by atoms with Gasteiger partial charge in [-0.05, 0) is 25.5 Å². The predicted octanol–water partition coefficient (Wildman–Crippen LogP) is 2.31. The maximum absolute atomic E-state index is 10.1. The summed E-state index contributed by atoms with van der Waals surface area (Å²) in [5.74, 6) is 0. The number of aliphatic hydroxyl groups is 1. The van der Waals surface area contributed by atoms with Gasteiger partial charge in [0.25, 0.3) is 0 Å². The fourth-order valence-electron chi connectivity index (χ4n) is 1.80. The highest BCUT2D eigenvalue weighted by Crippen LogP contribution is 2.18. The molecule has 1 aromatic heterocycles. The largest absolute Gasteiger partial charge is 0.386 e. The molecule has 0 aliphatic rings. The standard InChI is InChI=1S/C14H18N2O/c1-10-4-6-12(7-5-10)9-14(17)13-8-11(2)16(3)15-13/h4-8,14,17H,9H2,1-3H3. The first-order valence-electron chi connectivity index (χ1n) is 5.80. The van der Waals surface area contributed by atoms with Crippen molar-refractivity contribution in [2.75, 3.05) is 0 Å². The highest BCUT2D eigenvalue weighted by Gasteiger charge is 2.12. The number of aliphatic hydroxyl groups excluding tert-OH is 1. The van der Waals surface area contributed by atoms with Crippen LogP contribution in [0.3, 0.4) is 0 Å². The van der Waals surface area contributed by atoms with Crippen LogP contribution in [0.5, 0.6) is 0 Å².